The average Bonchev–Trinajstić information content (AvgIpc) is 3.17. The van der Waals surface area contributed by atoms with Gasteiger partial charge < -0.3 is 8.98 Å². The summed E-state index contributed by atoms with van der Waals surface area (Å²) in [5.41, 5.74) is 1.33. The molecule has 114 valence electrons. The number of hydrogen-bond donors (Lipinski definition) is 1. The molecular formula is C14H14N4O3S. The van der Waals surface area contributed by atoms with Crippen molar-refractivity contribution in [3.8, 4) is 11.5 Å². The Morgan fingerprint density at radius 2 is 2.14 bits per heavy atom. The van der Waals surface area contributed by atoms with Gasteiger partial charge in [-0.25, -0.2) is 18.1 Å². The minimum absolute atomic E-state index is 0.0153. The Hall–Kier alpha value is -2.45. The van der Waals surface area contributed by atoms with Gasteiger partial charge in [0.15, 0.2) is 10.8 Å². The first-order chi connectivity index (χ1) is 10.6. The van der Waals surface area contributed by atoms with Crippen molar-refractivity contribution in [2.45, 2.75) is 11.6 Å². The first kappa shape index (κ1) is 14.5. The molecular weight excluding hydrogens is 304 g/mol. The molecule has 0 saturated heterocycles. The Labute approximate surface area is 127 Å². The fourth-order valence-corrected chi connectivity index (χ4v) is 2.98. The molecule has 0 aliphatic rings. The van der Waals surface area contributed by atoms with Crippen molar-refractivity contribution in [3.05, 3.63) is 54.8 Å². The molecule has 0 spiro atoms. The molecule has 0 atom stereocenters. The largest absolute Gasteiger partial charge is 0.463 e. The van der Waals surface area contributed by atoms with Crippen LogP contribution in [0.4, 0.5) is 0 Å². The van der Waals surface area contributed by atoms with Crippen LogP contribution in [0, 0.1) is 0 Å². The topological polar surface area (TPSA) is 90.0 Å². The SMILES string of the molecule is Cn1cnc(S(=O)(=O)NCc2cccnc2-c2ccco2)c1. The third-order valence-corrected chi connectivity index (χ3v) is 4.34. The second-order valence-corrected chi connectivity index (χ2v) is 6.40. The van der Waals surface area contributed by atoms with Crippen molar-refractivity contribution in [1.29, 1.82) is 0 Å². The molecule has 3 rings (SSSR count). The summed E-state index contributed by atoms with van der Waals surface area (Å²) in [6.45, 7) is 0.1000. The van der Waals surface area contributed by atoms with Crippen molar-refractivity contribution in [2.75, 3.05) is 0 Å². The summed E-state index contributed by atoms with van der Waals surface area (Å²) in [6, 6.07) is 7.08. The van der Waals surface area contributed by atoms with Crippen molar-refractivity contribution >= 4 is 10.0 Å². The zero-order valence-corrected chi connectivity index (χ0v) is 12.6. The van der Waals surface area contributed by atoms with Crippen LogP contribution in [0.5, 0.6) is 0 Å². The van der Waals surface area contributed by atoms with Crippen LogP contribution >= 0.6 is 0 Å². The van der Waals surface area contributed by atoms with Gasteiger partial charge in [0, 0.05) is 26.0 Å². The number of nitrogens with zero attached hydrogens (tertiary/aromatic N) is 3. The van der Waals surface area contributed by atoms with Crippen LogP contribution in [0.3, 0.4) is 0 Å². The number of imidazole rings is 1. The maximum absolute atomic E-state index is 12.2. The number of pyridine rings is 1. The molecule has 0 aromatic carbocycles. The van der Waals surface area contributed by atoms with E-state index in [1.54, 1.807) is 48.3 Å². The summed E-state index contributed by atoms with van der Waals surface area (Å²) in [7, 11) is -1.95. The van der Waals surface area contributed by atoms with Crippen LogP contribution in [0.2, 0.25) is 0 Å². The minimum Gasteiger partial charge on any atom is -0.463 e. The van der Waals surface area contributed by atoms with E-state index >= 15 is 0 Å². The quantitative estimate of drug-likeness (QED) is 0.771. The molecule has 0 unspecified atom stereocenters. The van der Waals surface area contributed by atoms with Gasteiger partial charge in [0.2, 0.25) is 0 Å². The summed E-state index contributed by atoms with van der Waals surface area (Å²) < 4.78 is 33.8. The lowest BCUT2D eigenvalue weighted by atomic mass is 10.1. The molecule has 7 nitrogen and oxygen atoms in total. The maximum atomic E-state index is 12.2. The Balaban J connectivity index is 1.83. The molecule has 0 fully saturated rings. The van der Waals surface area contributed by atoms with Crippen molar-refractivity contribution < 1.29 is 12.8 Å². The summed E-state index contributed by atoms with van der Waals surface area (Å²) in [5.74, 6) is 0.590. The van der Waals surface area contributed by atoms with Crippen LogP contribution in [0.25, 0.3) is 11.5 Å². The van der Waals surface area contributed by atoms with E-state index in [1.165, 1.54) is 12.5 Å². The Morgan fingerprint density at radius 1 is 1.27 bits per heavy atom. The van der Waals surface area contributed by atoms with E-state index in [9.17, 15) is 8.42 Å². The highest BCUT2D eigenvalue weighted by atomic mass is 32.2. The Morgan fingerprint density at radius 3 is 2.82 bits per heavy atom. The fraction of sp³-hybridized carbons (Fsp3) is 0.143. The highest BCUT2D eigenvalue weighted by Gasteiger charge is 2.18. The average molecular weight is 318 g/mol. The summed E-state index contributed by atoms with van der Waals surface area (Å²) in [4.78, 5) is 8.10. The van der Waals surface area contributed by atoms with Crippen LogP contribution < -0.4 is 4.72 Å². The lowest BCUT2D eigenvalue weighted by molar-refractivity contribution is 0.573. The lowest BCUT2D eigenvalue weighted by Gasteiger charge is -2.07. The van der Waals surface area contributed by atoms with Gasteiger partial charge in [0.05, 0.1) is 12.6 Å². The van der Waals surface area contributed by atoms with Gasteiger partial charge in [0.1, 0.15) is 5.69 Å². The van der Waals surface area contributed by atoms with Crippen LogP contribution in [0.15, 0.2) is 58.7 Å². The fourth-order valence-electron chi connectivity index (χ4n) is 1.99. The minimum atomic E-state index is -3.66. The zero-order chi connectivity index (χ0) is 15.6. The molecule has 3 heterocycles. The van der Waals surface area contributed by atoms with Gasteiger partial charge in [-0.2, -0.15) is 0 Å². The van der Waals surface area contributed by atoms with Gasteiger partial charge in [-0.3, -0.25) is 4.98 Å². The molecule has 0 radical (unpaired) electrons. The molecule has 3 aromatic rings. The van der Waals surface area contributed by atoms with Gasteiger partial charge in [-0.15, -0.1) is 0 Å². The van der Waals surface area contributed by atoms with Crippen LogP contribution in [-0.4, -0.2) is 23.0 Å². The van der Waals surface area contributed by atoms with Crippen LogP contribution in [0.1, 0.15) is 5.56 Å². The molecule has 0 bridgehead atoms. The Kier molecular flexibility index (Phi) is 3.78. The van der Waals surface area contributed by atoms with E-state index in [4.69, 9.17) is 4.42 Å². The van der Waals surface area contributed by atoms with E-state index in [2.05, 4.69) is 14.7 Å². The number of furan rings is 1. The predicted molar refractivity (Wildman–Crippen MR) is 79.2 cm³/mol. The lowest BCUT2D eigenvalue weighted by Crippen LogP contribution is -2.24. The number of sulfonamides is 1. The molecule has 0 aliphatic carbocycles. The third-order valence-electron chi connectivity index (χ3n) is 3.05. The van der Waals surface area contributed by atoms with E-state index in [0.717, 1.165) is 5.56 Å². The summed E-state index contributed by atoms with van der Waals surface area (Å²) in [6.07, 6.45) is 6.06. The first-order valence-corrected chi connectivity index (χ1v) is 8.00. The van der Waals surface area contributed by atoms with Crippen molar-refractivity contribution in [1.82, 2.24) is 19.3 Å². The number of aromatic nitrogens is 3. The Bertz CT molecular complexity index is 869. The number of rotatable bonds is 5. The molecule has 0 aliphatic heterocycles. The second kappa shape index (κ2) is 5.74. The maximum Gasteiger partial charge on any atom is 0.259 e. The normalized spacial score (nSPS) is 11.7. The van der Waals surface area contributed by atoms with E-state index in [-0.39, 0.29) is 11.6 Å². The predicted octanol–water partition coefficient (Wildman–Crippen LogP) is 1.55. The third kappa shape index (κ3) is 2.92. The molecule has 0 amide bonds. The first-order valence-electron chi connectivity index (χ1n) is 6.52. The smallest absolute Gasteiger partial charge is 0.259 e. The highest BCUT2D eigenvalue weighted by molar-refractivity contribution is 7.89. The highest BCUT2D eigenvalue weighted by Crippen LogP contribution is 2.21. The van der Waals surface area contributed by atoms with Crippen LogP contribution in [-0.2, 0) is 23.6 Å². The van der Waals surface area contributed by atoms with Crippen molar-refractivity contribution in [3.63, 3.8) is 0 Å². The van der Waals surface area contributed by atoms with Gasteiger partial charge >= 0.3 is 0 Å². The summed E-state index contributed by atoms with van der Waals surface area (Å²) in [5, 5.41) is -0.0153. The van der Waals surface area contributed by atoms with Gasteiger partial charge in [-0.05, 0) is 23.8 Å². The van der Waals surface area contributed by atoms with Gasteiger partial charge in [0.25, 0.3) is 10.0 Å². The van der Waals surface area contributed by atoms with E-state index in [1.807, 2.05) is 0 Å². The standard InChI is InChI=1S/C14H14N4O3S/c1-18-9-13(16-10-18)22(19,20)17-8-11-4-2-6-15-14(11)12-5-3-7-21-12/h2-7,9-10,17H,8H2,1H3. The number of aryl methyl sites for hydroxylation is 1. The molecule has 0 saturated carbocycles. The number of nitrogens with one attached hydrogen (secondary N) is 1. The second-order valence-electron chi connectivity index (χ2n) is 4.69. The molecule has 1 N–H and O–H groups in total. The molecule has 3 aromatic heterocycles. The summed E-state index contributed by atoms with van der Waals surface area (Å²) >= 11 is 0. The van der Waals surface area contributed by atoms with Gasteiger partial charge in [-0.1, -0.05) is 6.07 Å². The van der Waals surface area contributed by atoms with E-state index < -0.39 is 10.0 Å². The monoisotopic (exact) mass is 318 g/mol. The van der Waals surface area contributed by atoms with Crippen molar-refractivity contribution in [2.24, 2.45) is 7.05 Å². The zero-order valence-electron chi connectivity index (χ0n) is 11.8. The molecule has 8 heteroatoms. The number of hydrogen-bond acceptors (Lipinski definition) is 5. The van der Waals surface area contributed by atoms with E-state index in [0.29, 0.717) is 11.5 Å². The molecule has 22 heavy (non-hydrogen) atoms.